The fourth-order valence-corrected chi connectivity index (χ4v) is 3.86. The first-order chi connectivity index (χ1) is 12.3. The third-order valence-corrected chi connectivity index (χ3v) is 5.36. The molecule has 154 valence electrons. The number of halogens is 1. The lowest BCUT2D eigenvalue weighted by atomic mass is 9.98. The maximum absolute atomic E-state index is 5.99. The molecule has 0 spiro atoms. The fourth-order valence-electron chi connectivity index (χ4n) is 3.86. The molecule has 1 aliphatic heterocycles. The minimum absolute atomic E-state index is 0. The highest BCUT2D eigenvalue weighted by Crippen LogP contribution is 2.20. The molecular weight excluding hydrogens is 441 g/mol. The maximum Gasteiger partial charge on any atom is 0.193 e. The zero-order chi connectivity index (χ0) is 17.7. The van der Waals surface area contributed by atoms with Crippen LogP contribution in [0.3, 0.4) is 0 Å². The Morgan fingerprint density at radius 2 is 1.92 bits per heavy atom. The Morgan fingerprint density at radius 3 is 2.65 bits per heavy atom. The number of unbranched alkanes of at least 4 members (excludes halogenated alkanes) is 2. The summed E-state index contributed by atoms with van der Waals surface area (Å²) in [6, 6.07) is 0. The second-order valence-electron chi connectivity index (χ2n) is 7.43. The van der Waals surface area contributed by atoms with E-state index in [1.54, 1.807) is 0 Å². The summed E-state index contributed by atoms with van der Waals surface area (Å²) in [6.45, 7) is 7.85. The molecule has 0 aromatic carbocycles. The molecule has 1 saturated carbocycles. The molecule has 0 aromatic rings. The zero-order valence-electron chi connectivity index (χ0n) is 16.9. The van der Waals surface area contributed by atoms with Gasteiger partial charge in [-0.1, -0.05) is 19.3 Å². The number of ether oxygens (including phenoxy) is 2. The van der Waals surface area contributed by atoms with E-state index in [0.717, 1.165) is 45.4 Å². The van der Waals surface area contributed by atoms with E-state index in [4.69, 9.17) is 9.47 Å². The summed E-state index contributed by atoms with van der Waals surface area (Å²) in [4.78, 5) is 6.82. The number of hydrogen-bond donors (Lipinski definition) is 1. The van der Waals surface area contributed by atoms with Gasteiger partial charge in [-0.15, -0.1) is 24.0 Å². The Morgan fingerprint density at radius 1 is 1.12 bits per heavy atom. The molecule has 1 atom stereocenters. The molecule has 2 fully saturated rings. The van der Waals surface area contributed by atoms with Gasteiger partial charge in [0.2, 0.25) is 0 Å². The van der Waals surface area contributed by atoms with E-state index in [9.17, 15) is 0 Å². The van der Waals surface area contributed by atoms with Crippen LogP contribution in [0.4, 0.5) is 0 Å². The molecule has 0 aromatic heterocycles. The predicted molar refractivity (Wildman–Crippen MR) is 120 cm³/mol. The Balaban J connectivity index is 0.00000338. The lowest BCUT2D eigenvalue weighted by Gasteiger charge is -2.22. The molecular formula is C20H40IN3O2. The van der Waals surface area contributed by atoms with Crippen LogP contribution in [0.25, 0.3) is 0 Å². The molecule has 1 N–H and O–H groups in total. The number of guanidine groups is 1. The molecule has 2 rings (SSSR count). The van der Waals surface area contributed by atoms with Crippen LogP contribution in [0, 0.1) is 5.92 Å². The first-order valence-electron chi connectivity index (χ1n) is 10.5. The number of aliphatic imine (C=N–C) groups is 1. The van der Waals surface area contributed by atoms with Gasteiger partial charge in [-0.2, -0.15) is 0 Å². The lowest BCUT2D eigenvalue weighted by Crippen LogP contribution is -2.40. The molecule has 5 nitrogen and oxygen atoms in total. The van der Waals surface area contributed by atoms with Crippen LogP contribution >= 0.6 is 24.0 Å². The molecule has 26 heavy (non-hydrogen) atoms. The van der Waals surface area contributed by atoms with Gasteiger partial charge in [0.15, 0.2) is 5.96 Å². The summed E-state index contributed by atoms with van der Waals surface area (Å²) in [5.41, 5.74) is 0. The Bertz CT molecular complexity index is 376. The third-order valence-electron chi connectivity index (χ3n) is 5.36. The van der Waals surface area contributed by atoms with Crippen LogP contribution in [0.15, 0.2) is 4.99 Å². The van der Waals surface area contributed by atoms with E-state index in [2.05, 4.69) is 22.1 Å². The van der Waals surface area contributed by atoms with E-state index >= 15 is 0 Å². The van der Waals surface area contributed by atoms with Gasteiger partial charge in [0.1, 0.15) is 0 Å². The molecule has 1 heterocycles. The molecule has 0 radical (unpaired) electrons. The zero-order valence-corrected chi connectivity index (χ0v) is 19.2. The van der Waals surface area contributed by atoms with Crippen molar-refractivity contribution in [2.45, 2.75) is 70.8 Å². The van der Waals surface area contributed by atoms with Gasteiger partial charge in [-0.05, 0) is 45.4 Å². The van der Waals surface area contributed by atoms with Crippen LogP contribution in [-0.2, 0) is 9.47 Å². The van der Waals surface area contributed by atoms with Crippen molar-refractivity contribution < 1.29 is 9.47 Å². The van der Waals surface area contributed by atoms with Crippen LogP contribution in [0.5, 0.6) is 0 Å². The molecule has 6 heteroatoms. The summed E-state index contributed by atoms with van der Waals surface area (Å²) in [6.07, 6.45) is 12.0. The van der Waals surface area contributed by atoms with Crippen molar-refractivity contribution in [2.24, 2.45) is 10.9 Å². The van der Waals surface area contributed by atoms with Gasteiger partial charge in [0, 0.05) is 45.8 Å². The first-order valence-corrected chi connectivity index (χ1v) is 10.5. The van der Waals surface area contributed by atoms with Gasteiger partial charge >= 0.3 is 0 Å². The van der Waals surface area contributed by atoms with Gasteiger partial charge in [-0.25, -0.2) is 0 Å². The van der Waals surface area contributed by atoms with Gasteiger partial charge in [0.25, 0.3) is 0 Å². The summed E-state index contributed by atoms with van der Waals surface area (Å²) >= 11 is 0. The van der Waals surface area contributed by atoms with Crippen LogP contribution in [0.2, 0.25) is 0 Å². The highest BCUT2D eigenvalue weighted by atomic mass is 127. The normalized spacial score (nSPS) is 21.7. The number of nitrogens with zero attached hydrogens (tertiary/aromatic N) is 2. The molecule has 2 aliphatic rings. The van der Waals surface area contributed by atoms with Crippen LogP contribution in [-0.4, -0.2) is 63.5 Å². The molecule has 1 aliphatic carbocycles. The molecule has 1 unspecified atom stereocenters. The SMILES string of the molecule is CCOCC1CCN(C(=NC)NCCCCCOC2CCCCC2)C1.I. The minimum atomic E-state index is 0. The predicted octanol–water partition coefficient (Wildman–Crippen LogP) is 4.06. The van der Waals surface area contributed by atoms with Crippen molar-refractivity contribution in [3.8, 4) is 0 Å². The van der Waals surface area contributed by atoms with Gasteiger partial charge < -0.3 is 19.7 Å². The largest absolute Gasteiger partial charge is 0.381 e. The lowest BCUT2D eigenvalue weighted by molar-refractivity contribution is 0.0264. The van der Waals surface area contributed by atoms with E-state index in [0.29, 0.717) is 12.0 Å². The first kappa shape index (κ1) is 24.0. The molecule has 1 saturated heterocycles. The van der Waals surface area contributed by atoms with Crippen molar-refractivity contribution in [3.05, 3.63) is 0 Å². The van der Waals surface area contributed by atoms with Crippen molar-refractivity contribution in [3.63, 3.8) is 0 Å². The van der Waals surface area contributed by atoms with E-state index in [1.807, 2.05) is 7.05 Å². The van der Waals surface area contributed by atoms with Crippen molar-refractivity contribution >= 4 is 29.9 Å². The molecule has 0 bridgehead atoms. The van der Waals surface area contributed by atoms with E-state index in [1.165, 1.54) is 57.8 Å². The second kappa shape index (κ2) is 14.9. The van der Waals surface area contributed by atoms with Crippen LogP contribution in [0.1, 0.15) is 64.7 Å². The van der Waals surface area contributed by atoms with Gasteiger partial charge in [0.05, 0.1) is 12.7 Å². The maximum atomic E-state index is 5.99. The fraction of sp³-hybridized carbons (Fsp3) is 0.950. The average Bonchev–Trinajstić information content (AvgIpc) is 3.12. The van der Waals surface area contributed by atoms with E-state index in [-0.39, 0.29) is 24.0 Å². The molecule has 0 amide bonds. The summed E-state index contributed by atoms with van der Waals surface area (Å²) in [5.74, 6) is 1.70. The summed E-state index contributed by atoms with van der Waals surface area (Å²) < 4.78 is 11.6. The van der Waals surface area contributed by atoms with Crippen LogP contribution < -0.4 is 5.32 Å². The second-order valence-corrected chi connectivity index (χ2v) is 7.43. The number of rotatable bonds is 10. The average molecular weight is 481 g/mol. The number of hydrogen-bond acceptors (Lipinski definition) is 3. The quantitative estimate of drug-likeness (QED) is 0.221. The standard InChI is InChI=1S/C20H39N3O2.HI/c1-3-24-17-18-12-14-23(16-18)20(21-2)22-13-8-5-9-15-25-19-10-6-4-7-11-19;/h18-19H,3-17H2,1-2H3,(H,21,22);1H. The number of nitrogens with one attached hydrogen (secondary N) is 1. The third kappa shape index (κ3) is 9.22. The number of likely N-dealkylation sites (tertiary alicyclic amines) is 1. The summed E-state index contributed by atoms with van der Waals surface area (Å²) in [5, 5.41) is 3.52. The smallest absolute Gasteiger partial charge is 0.193 e. The van der Waals surface area contributed by atoms with Crippen molar-refractivity contribution in [2.75, 3.05) is 46.5 Å². The van der Waals surface area contributed by atoms with Crippen molar-refractivity contribution in [1.82, 2.24) is 10.2 Å². The Labute approximate surface area is 177 Å². The Kier molecular flexibility index (Phi) is 13.7. The summed E-state index contributed by atoms with van der Waals surface area (Å²) in [7, 11) is 1.89. The monoisotopic (exact) mass is 481 g/mol. The van der Waals surface area contributed by atoms with Crippen molar-refractivity contribution in [1.29, 1.82) is 0 Å². The topological polar surface area (TPSA) is 46.1 Å². The highest BCUT2D eigenvalue weighted by Gasteiger charge is 2.24. The Hall–Kier alpha value is -0.0800. The van der Waals surface area contributed by atoms with E-state index < -0.39 is 0 Å². The van der Waals surface area contributed by atoms with Gasteiger partial charge in [-0.3, -0.25) is 4.99 Å². The highest BCUT2D eigenvalue weighted by molar-refractivity contribution is 14.0. The minimum Gasteiger partial charge on any atom is -0.381 e.